The first-order valence-electron chi connectivity index (χ1n) is 6.50. The number of rotatable bonds is 7. The second kappa shape index (κ2) is 6.73. The van der Waals surface area contributed by atoms with E-state index in [1.807, 2.05) is 6.92 Å². The van der Waals surface area contributed by atoms with Gasteiger partial charge in [-0.3, -0.25) is 0 Å². The molecule has 2 heterocycles. The molecule has 0 saturated heterocycles. The fourth-order valence-electron chi connectivity index (χ4n) is 2.10. The average Bonchev–Trinajstić information content (AvgIpc) is 2.99. The van der Waals surface area contributed by atoms with Gasteiger partial charge in [0.25, 0.3) is 0 Å². The highest BCUT2D eigenvalue weighted by molar-refractivity contribution is 7.07. The Hall–Kier alpha value is -1.33. The van der Waals surface area contributed by atoms with E-state index in [2.05, 4.69) is 44.8 Å². The summed E-state index contributed by atoms with van der Waals surface area (Å²) >= 11 is 1.75. The number of nitrogens with zero attached hydrogens (tertiary/aromatic N) is 2. The molecule has 0 aliphatic rings. The van der Waals surface area contributed by atoms with E-state index in [0.717, 1.165) is 24.6 Å². The predicted molar refractivity (Wildman–Crippen MR) is 80.1 cm³/mol. The van der Waals surface area contributed by atoms with E-state index in [4.69, 9.17) is 4.74 Å². The molecule has 0 aliphatic heterocycles. The number of ether oxygens (including phenoxy) is 1. The molecule has 5 heteroatoms. The maximum absolute atomic E-state index is 5.06. The second-order valence-corrected chi connectivity index (χ2v) is 5.50. The van der Waals surface area contributed by atoms with Crippen LogP contribution in [0.1, 0.15) is 24.2 Å². The molecular weight excluding hydrogens is 258 g/mol. The zero-order valence-electron chi connectivity index (χ0n) is 11.7. The van der Waals surface area contributed by atoms with Gasteiger partial charge in [0, 0.05) is 25.9 Å². The van der Waals surface area contributed by atoms with Crippen molar-refractivity contribution in [2.24, 2.45) is 0 Å². The van der Waals surface area contributed by atoms with E-state index in [9.17, 15) is 0 Å². The molecule has 0 radical (unpaired) electrons. The minimum Gasteiger partial charge on any atom is -0.383 e. The van der Waals surface area contributed by atoms with Crippen LogP contribution in [0.15, 0.2) is 23.0 Å². The molecule has 1 N–H and O–H groups in total. The summed E-state index contributed by atoms with van der Waals surface area (Å²) in [5.74, 6) is 0.928. The van der Waals surface area contributed by atoms with Gasteiger partial charge in [-0.25, -0.2) is 4.98 Å². The number of imidazole rings is 1. The number of aromatic nitrogens is 2. The van der Waals surface area contributed by atoms with Crippen LogP contribution in [0.5, 0.6) is 0 Å². The summed E-state index contributed by atoms with van der Waals surface area (Å²) in [6.07, 6.45) is 3.13. The lowest BCUT2D eigenvalue weighted by Crippen LogP contribution is -2.15. The van der Waals surface area contributed by atoms with Gasteiger partial charge < -0.3 is 14.6 Å². The van der Waals surface area contributed by atoms with E-state index in [1.54, 1.807) is 18.4 Å². The number of hydrogen-bond donors (Lipinski definition) is 1. The van der Waals surface area contributed by atoms with E-state index < -0.39 is 0 Å². The number of methoxy groups -OCH3 is 1. The summed E-state index contributed by atoms with van der Waals surface area (Å²) in [7, 11) is 1.71. The van der Waals surface area contributed by atoms with Crippen LogP contribution in [0.4, 0.5) is 5.95 Å². The van der Waals surface area contributed by atoms with E-state index >= 15 is 0 Å². The van der Waals surface area contributed by atoms with Crippen LogP contribution < -0.4 is 5.32 Å². The van der Waals surface area contributed by atoms with Crippen LogP contribution in [0.2, 0.25) is 0 Å². The topological polar surface area (TPSA) is 39.1 Å². The Morgan fingerprint density at radius 1 is 1.53 bits per heavy atom. The first kappa shape index (κ1) is 14.1. The lowest BCUT2D eigenvalue weighted by Gasteiger charge is -2.16. The molecule has 2 aromatic rings. The summed E-state index contributed by atoms with van der Waals surface area (Å²) in [5.41, 5.74) is 2.42. The number of nitrogens with one attached hydrogen (secondary N) is 1. The van der Waals surface area contributed by atoms with Crippen LogP contribution in [0.25, 0.3) is 0 Å². The Balaban J connectivity index is 2.05. The lowest BCUT2D eigenvalue weighted by molar-refractivity contribution is 0.210. The smallest absolute Gasteiger partial charge is 0.203 e. The Bertz CT molecular complexity index is 493. The Morgan fingerprint density at radius 2 is 2.37 bits per heavy atom. The average molecular weight is 279 g/mol. The zero-order valence-corrected chi connectivity index (χ0v) is 12.5. The Kier molecular flexibility index (Phi) is 4.99. The normalized spacial score (nSPS) is 12.6. The second-order valence-electron chi connectivity index (χ2n) is 4.72. The van der Waals surface area contributed by atoms with E-state index in [-0.39, 0.29) is 0 Å². The number of anilines is 1. The highest BCUT2D eigenvalue weighted by Gasteiger charge is 2.12. The molecule has 0 amide bonds. The maximum atomic E-state index is 5.06. The molecule has 0 aliphatic carbocycles. The third kappa shape index (κ3) is 3.81. The fourth-order valence-corrected chi connectivity index (χ4v) is 2.78. The van der Waals surface area contributed by atoms with Gasteiger partial charge in [-0.2, -0.15) is 11.3 Å². The van der Waals surface area contributed by atoms with Crippen molar-refractivity contribution in [3.63, 3.8) is 0 Å². The highest BCUT2D eigenvalue weighted by atomic mass is 32.1. The molecule has 2 rings (SSSR count). The molecule has 0 saturated carbocycles. The maximum Gasteiger partial charge on any atom is 0.203 e. The van der Waals surface area contributed by atoms with Gasteiger partial charge in [0.1, 0.15) is 0 Å². The molecule has 2 aromatic heterocycles. The molecule has 1 unspecified atom stereocenters. The molecule has 0 fully saturated rings. The molecule has 0 spiro atoms. The summed E-state index contributed by atoms with van der Waals surface area (Å²) in [4.78, 5) is 4.53. The third-order valence-corrected chi connectivity index (χ3v) is 3.76. The summed E-state index contributed by atoms with van der Waals surface area (Å²) < 4.78 is 7.27. The summed E-state index contributed by atoms with van der Waals surface area (Å²) in [6, 6.07) is 2.57. The molecule has 1 atom stereocenters. The Morgan fingerprint density at radius 3 is 3.05 bits per heavy atom. The zero-order chi connectivity index (χ0) is 13.7. The van der Waals surface area contributed by atoms with Gasteiger partial charge in [-0.05, 0) is 42.7 Å². The quantitative estimate of drug-likeness (QED) is 0.792. The molecular formula is C14H21N3OS. The summed E-state index contributed by atoms with van der Waals surface area (Å²) in [5, 5.41) is 7.66. The van der Waals surface area contributed by atoms with E-state index in [1.165, 1.54) is 5.56 Å². The SMILES string of the molecule is COCCNc1nc(C)cn1C(C)Cc1ccsc1. The minimum atomic E-state index is 0.390. The van der Waals surface area contributed by atoms with Gasteiger partial charge in [-0.1, -0.05) is 0 Å². The third-order valence-electron chi connectivity index (χ3n) is 3.03. The molecule has 0 bridgehead atoms. The first-order chi connectivity index (χ1) is 9.20. The first-order valence-corrected chi connectivity index (χ1v) is 7.44. The van der Waals surface area contributed by atoms with Crippen molar-refractivity contribution in [1.82, 2.24) is 9.55 Å². The molecule has 0 aromatic carbocycles. The van der Waals surface area contributed by atoms with Gasteiger partial charge in [0.05, 0.1) is 12.3 Å². The van der Waals surface area contributed by atoms with Crippen LogP contribution in [-0.4, -0.2) is 29.8 Å². The Labute approximate surface area is 118 Å². The van der Waals surface area contributed by atoms with Crippen LogP contribution in [0, 0.1) is 6.92 Å². The van der Waals surface area contributed by atoms with Crippen molar-refractivity contribution in [2.75, 3.05) is 25.6 Å². The number of aryl methyl sites for hydroxylation is 1. The lowest BCUT2D eigenvalue weighted by atomic mass is 10.1. The summed E-state index contributed by atoms with van der Waals surface area (Å²) in [6.45, 7) is 5.71. The van der Waals surface area contributed by atoms with E-state index in [0.29, 0.717) is 12.6 Å². The molecule has 19 heavy (non-hydrogen) atoms. The van der Waals surface area contributed by atoms with Gasteiger partial charge in [-0.15, -0.1) is 0 Å². The largest absolute Gasteiger partial charge is 0.383 e. The highest BCUT2D eigenvalue weighted by Crippen LogP contribution is 2.21. The van der Waals surface area contributed by atoms with Crippen LogP contribution in [-0.2, 0) is 11.2 Å². The van der Waals surface area contributed by atoms with Crippen molar-refractivity contribution >= 4 is 17.3 Å². The van der Waals surface area contributed by atoms with Gasteiger partial charge in [0.2, 0.25) is 5.95 Å². The van der Waals surface area contributed by atoms with Crippen molar-refractivity contribution < 1.29 is 4.74 Å². The van der Waals surface area contributed by atoms with Crippen molar-refractivity contribution in [2.45, 2.75) is 26.3 Å². The van der Waals surface area contributed by atoms with Gasteiger partial charge in [0.15, 0.2) is 0 Å². The van der Waals surface area contributed by atoms with Gasteiger partial charge >= 0.3 is 0 Å². The predicted octanol–water partition coefficient (Wildman–Crippen LogP) is 3.12. The van der Waals surface area contributed by atoms with Crippen molar-refractivity contribution in [3.05, 3.63) is 34.3 Å². The molecule has 4 nitrogen and oxygen atoms in total. The standard InChI is InChI=1S/C14H21N3OS/c1-11-9-17(14(16-11)15-5-6-18-3)12(2)8-13-4-7-19-10-13/h4,7,9-10,12H,5-6,8H2,1-3H3,(H,15,16). The van der Waals surface area contributed by atoms with Crippen molar-refractivity contribution in [3.8, 4) is 0 Å². The minimum absolute atomic E-state index is 0.390. The monoisotopic (exact) mass is 279 g/mol. The molecule has 104 valence electrons. The van der Waals surface area contributed by atoms with Crippen LogP contribution in [0.3, 0.4) is 0 Å². The van der Waals surface area contributed by atoms with Crippen LogP contribution >= 0.6 is 11.3 Å². The number of hydrogen-bond acceptors (Lipinski definition) is 4. The number of thiophene rings is 1. The fraction of sp³-hybridized carbons (Fsp3) is 0.500. The van der Waals surface area contributed by atoms with Crippen molar-refractivity contribution in [1.29, 1.82) is 0 Å².